The van der Waals surface area contributed by atoms with Crippen molar-refractivity contribution in [2.24, 2.45) is 0 Å². The summed E-state index contributed by atoms with van der Waals surface area (Å²) >= 11 is 10.5. The molecule has 78 heavy (non-hydrogen) atoms. The Morgan fingerprint density at radius 1 is 0.244 bits per heavy atom. The van der Waals surface area contributed by atoms with Crippen LogP contribution in [0.25, 0.3) is 0 Å². The van der Waals surface area contributed by atoms with Crippen molar-refractivity contribution in [2.45, 2.75) is 304 Å². The molecule has 0 saturated carbocycles. The molecule has 0 unspecified atom stereocenters. The van der Waals surface area contributed by atoms with Crippen LogP contribution in [-0.2, 0) is 8.57 Å². The largest absolute Gasteiger partial charge is 0.123 e. The average Bonchev–Trinajstić information content (AvgIpc) is 3.02. The second-order valence-corrected chi connectivity index (χ2v) is 134. The topological polar surface area (TPSA) is 0 Å². The van der Waals surface area contributed by atoms with E-state index in [4.69, 9.17) is 30.6 Å². The summed E-state index contributed by atoms with van der Waals surface area (Å²) in [6, 6.07) is 12.4. The molecule has 0 aliphatic rings. The second kappa shape index (κ2) is 23.7. The van der Waals surface area contributed by atoms with Gasteiger partial charge < -0.3 is 0 Å². The Kier molecular flexibility index (Phi) is 23.4. The van der Waals surface area contributed by atoms with Crippen LogP contribution in [0.15, 0.2) is 24.3 Å². The van der Waals surface area contributed by atoms with E-state index >= 15 is 0 Å². The van der Waals surface area contributed by atoms with Gasteiger partial charge in [0.25, 0.3) is 0 Å². The standard InChI is InChI=1S/C60H134Br2Si16/c1-65(2,3)55(66(4,5)6)49-43-47(59(73(25,26)27,74(28,29)30)75(31,32)33)44-50(56(67(7,8)9)68(10,11)12)53(49)63(61)64(62)54-51(57(69(13,14)15)70(16,17)18)45-48(46-52(54)58(71(19,20)21)72(22,23)24)60(76(34,35)36,77(37,38)39)78(40,41)42/h43-46,55-58H,1-42H3/b64-63+. The van der Waals surface area contributed by atoms with E-state index in [1.807, 2.05) is 43.8 Å². The molecule has 0 saturated heterocycles. The van der Waals surface area contributed by atoms with Gasteiger partial charge in [-0.2, -0.15) is 0 Å². The van der Waals surface area contributed by atoms with E-state index < -0.39 is 126 Å². The van der Waals surface area contributed by atoms with Crippen LogP contribution in [0, 0.1) is 0 Å². The summed E-state index contributed by atoms with van der Waals surface area (Å²) in [4.78, 5) is 0. The Morgan fingerprint density at radius 2 is 0.359 bits per heavy atom. The molecule has 0 aliphatic heterocycles. The molecule has 0 aliphatic carbocycles. The highest BCUT2D eigenvalue weighted by Gasteiger charge is 2.63. The first kappa shape index (κ1) is 77.0. The maximum atomic E-state index is 5.26. The summed E-state index contributed by atoms with van der Waals surface area (Å²) in [5.74, 6) is 0. The summed E-state index contributed by atoms with van der Waals surface area (Å²) in [5.41, 5.74) is 11.2. The first-order chi connectivity index (χ1) is 33.5. The van der Waals surface area contributed by atoms with Crippen LogP contribution in [-0.4, -0.2) is 126 Å². The van der Waals surface area contributed by atoms with Crippen molar-refractivity contribution in [3.05, 3.63) is 57.6 Å². The van der Waals surface area contributed by atoms with Gasteiger partial charge >= 0.3 is 0 Å². The first-order valence-electron chi connectivity index (χ1n) is 30.9. The Morgan fingerprint density at radius 3 is 0.449 bits per heavy atom. The molecule has 0 aromatic heterocycles. The van der Waals surface area contributed by atoms with E-state index in [1.54, 1.807) is 0 Å². The molecule has 0 amide bonds. The Bertz CT molecular complexity index is 2080. The number of hydrogen-bond acceptors (Lipinski definition) is 0. The van der Waals surface area contributed by atoms with Crippen molar-refractivity contribution >= 4 is 167 Å². The fourth-order valence-electron chi connectivity index (χ4n) is 21.7. The van der Waals surface area contributed by atoms with E-state index in [0.29, 0.717) is 29.2 Å². The zero-order chi connectivity index (χ0) is 62.9. The van der Waals surface area contributed by atoms with Gasteiger partial charge in [0.05, 0.1) is 0 Å². The molecule has 0 spiro atoms. The molecule has 2 aromatic rings. The smallest absolute Gasteiger partial charge is 0.0969 e. The van der Waals surface area contributed by atoms with Gasteiger partial charge in [-0.15, -0.1) is 0 Å². The number of hydrogen-bond donors (Lipinski definition) is 0. The minimum atomic E-state index is -1.85. The van der Waals surface area contributed by atoms with Crippen molar-refractivity contribution in [3.63, 3.8) is 0 Å². The maximum Gasteiger partial charge on any atom is 0.123 e. The molecule has 2 rings (SSSR count). The molecule has 18 heteroatoms. The fourth-order valence-corrected chi connectivity index (χ4v) is 145. The molecule has 2 aromatic carbocycles. The zero-order valence-corrected chi connectivity index (χ0v) is 79.5. The molecule has 0 heterocycles. The third-order valence-corrected chi connectivity index (χ3v) is 118. The van der Waals surface area contributed by atoms with Crippen LogP contribution in [0.2, 0.25) is 275 Å². The van der Waals surface area contributed by atoms with Gasteiger partial charge in [-0.05, 0) is 73.0 Å². The molecule has 452 valence electrons. The molecule has 0 fully saturated rings. The predicted octanol–water partition coefficient (Wildman–Crippen LogP) is 21.7. The zero-order valence-electron chi connectivity index (χ0n) is 60.4. The highest BCUT2D eigenvalue weighted by Crippen LogP contribution is 2.54. The predicted molar refractivity (Wildman–Crippen MR) is 423 cm³/mol. The van der Waals surface area contributed by atoms with Crippen LogP contribution in [0.3, 0.4) is 0 Å². The highest BCUT2D eigenvalue weighted by atomic mass is 79.9. The van der Waals surface area contributed by atoms with Crippen molar-refractivity contribution in [2.75, 3.05) is 0 Å². The van der Waals surface area contributed by atoms with Crippen molar-refractivity contribution < 1.29 is 0 Å². The summed E-state index contributed by atoms with van der Waals surface area (Å²) in [6.07, 6.45) is 0. The minimum absolute atomic E-state index is 0.304. The van der Waals surface area contributed by atoms with Crippen LogP contribution < -0.4 is 10.4 Å². The van der Waals surface area contributed by atoms with Crippen molar-refractivity contribution in [1.82, 2.24) is 0 Å². The molecule has 0 bridgehead atoms. The average molecular weight is 1460 g/mol. The monoisotopic (exact) mass is 1460 g/mol. The normalized spacial score (nSPS) is 16.1. The lowest BCUT2D eigenvalue weighted by atomic mass is 10.1. The molecule has 0 nitrogen and oxygen atoms in total. The van der Waals surface area contributed by atoms with Gasteiger partial charge in [0.1, 0.15) is 13.0 Å². The summed E-state index contributed by atoms with van der Waals surface area (Å²) < 4.78 is 0.609. The van der Waals surface area contributed by atoms with Crippen molar-refractivity contribution in [1.29, 1.82) is 0 Å². The minimum Gasteiger partial charge on any atom is -0.0969 e. The lowest BCUT2D eigenvalue weighted by Crippen LogP contribution is -2.74. The second-order valence-electron chi connectivity index (χ2n) is 40.3. The highest BCUT2D eigenvalue weighted by molar-refractivity contribution is 9.31. The summed E-state index contributed by atoms with van der Waals surface area (Å²) in [7, 11) is -25.7. The Labute approximate surface area is 523 Å². The Balaban J connectivity index is 4.37. The van der Waals surface area contributed by atoms with Gasteiger partial charge in [-0.3, -0.25) is 0 Å². The molecular weight excluding hydrogens is 1330 g/mol. The Hall–Kier alpha value is 2.87. The maximum absolute atomic E-state index is 5.26. The van der Waals surface area contributed by atoms with Crippen LogP contribution in [0.4, 0.5) is 0 Å². The SMILES string of the molecule is C[Si](C)(C)C(c1cc(C([Si](C)(C)C)([Si](C)(C)C)[Si](C)(C)C)cc(C([Si](C)(C)C)[Si](C)(C)C)c1/[Si](Br)=[Si](\Br)c1c(C([Si](C)(C)C)[Si](C)(C)C)cc(C([Si](C)(C)C)([Si](C)(C)C)[Si](C)(C)C)cc1C([Si](C)(C)C)[Si](C)(C)C)[Si](C)(C)C. The van der Waals surface area contributed by atoms with E-state index in [2.05, 4.69) is 299 Å². The third kappa shape index (κ3) is 15.3. The fraction of sp³-hybridized carbons (Fsp3) is 0.800. The third-order valence-electron chi connectivity index (χ3n) is 18.8. The van der Waals surface area contributed by atoms with E-state index in [-0.39, 0.29) is 0 Å². The summed E-state index contributed by atoms with van der Waals surface area (Å²) in [6.45, 7) is 115. The quantitative estimate of drug-likeness (QED) is 0.0814. The lowest BCUT2D eigenvalue weighted by Gasteiger charge is -2.60. The summed E-state index contributed by atoms with van der Waals surface area (Å²) in [5, 5.41) is 6.42. The first-order valence-corrected chi connectivity index (χ1v) is 89.0. The lowest BCUT2D eigenvalue weighted by molar-refractivity contribution is 0.993. The molecule has 0 radical (unpaired) electrons. The van der Waals surface area contributed by atoms with Gasteiger partial charge in [-0.25, -0.2) is 0 Å². The molecule has 0 N–H and O–H groups in total. The van der Waals surface area contributed by atoms with Gasteiger partial charge in [-0.1, -0.05) is 330 Å². The van der Waals surface area contributed by atoms with Crippen LogP contribution >= 0.6 is 30.6 Å². The number of halogens is 2. The van der Waals surface area contributed by atoms with Crippen molar-refractivity contribution in [3.8, 4) is 0 Å². The van der Waals surface area contributed by atoms with Gasteiger partial charge in [0, 0.05) is 113 Å². The van der Waals surface area contributed by atoms with Gasteiger partial charge in [0.2, 0.25) is 0 Å². The van der Waals surface area contributed by atoms with E-state index in [1.165, 1.54) is 0 Å². The van der Waals surface area contributed by atoms with Gasteiger partial charge in [0.15, 0.2) is 0 Å². The van der Waals surface area contributed by atoms with E-state index in [9.17, 15) is 0 Å². The van der Waals surface area contributed by atoms with Crippen LogP contribution in [0.5, 0.6) is 0 Å². The van der Waals surface area contributed by atoms with E-state index in [0.717, 1.165) is 0 Å². The van der Waals surface area contributed by atoms with Crippen LogP contribution in [0.1, 0.15) is 54.0 Å². The number of benzene rings is 2. The molecule has 0 atom stereocenters. The molecular formula is C60H134Br2Si16. The number of rotatable bonds is 22.